The van der Waals surface area contributed by atoms with Crippen molar-refractivity contribution in [3.05, 3.63) is 24.2 Å². The van der Waals surface area contributed by atoms with Crippen molar-refractivity contribution in [1.29, 1.82) is 0 Å². The fraction of sp³-hybridized carbons (Fsp3) is 0.538. The summed E-state index contributed by atoms with van der Waals surface area (Å²) in [6.07, 6.45) is 3.96. The average Bonchev–Trinajstić information content (AvgIpc) is 2.89. The van der Waals surface area contributed by atoms with Gasteiger partial charge in [-0.3, -0.25) is 9.59 Å². The molecule has 5 heteroatoms. The summed E-state index contributed by atoms with van der Waals surface area (Å²) in [5.41, 5.74) is 0. The molecule has 1 atom stereocenters. The van der Waals surface area contributed by atoms with Crippen LogP contribution in [0.4, 0.5) is 0 Å². The van der Waals surface area contributed by atoms with Gasteiger partial charge in [-0.1, -0.05) is 0 Å². The molecule has 1 amide bonds. The smallest absolute Gasteiger partial charge is 0.308 e. The first kappa shape index (κ1) is 12.7. The predicted molar refractivity (Wildman–Crippen MR) is 64.0 cm³/mol. The Morgan fingerprint density at radius 1 is 1.50 bits per heavy atom. The number of rotatable bonds is 4. The number of aryl methyl sites for hydroxylation is 1. The van der Waals surface area contributed by atoms with E-state index in [1.165, 1.54) is 0 Å². The highest BCUT2D eigenvalue weighted by molar-refractivity contribution is 5.78. The van der Waals surface area contributed by atoms with E-state index in [4.69, 9.17) is 9.52 Å². The van der Waals surface area contributed by atoms with Crippen LogP contribution in [0.2, 0.25) is 0 Å². The van der Waals surface area contributed by atoms with Crippen molar-refractivity contribution in [3.63, 3.8) is 0 Å². The molecule has 2 rings (SSSR count). The Bertz CT molecular complexity index is 413. The maximum absolute atomic E-state index is 12.0. The number of carboxylic acid groups (broad SMARTS) is 1. The van der Waals surface area contributed by atoms with Crippen LogP contribution in [0, 0.1) is 5.92 Å². The van der Waals surface area contributed by atoms with Crippen LogP contribution in [-0.4, -0.2) is 35.0 Å². The van der Waals surface area contributed by atoms with E-state index < -0.39 is 11.9 Å². The molecule has 1 aliphatic heterocycles. The summed E-state index contributed by atoms with van der Waals surface area (Å²) >= 11 is 0. The third kappa shape index (κ3) is 3.12. The molecule has 98 valence electrons. The summed E-state index contributed by atoms with van der Waals surface area (Å²) in [4.78, 5) is 24.5. The summed E-state index contributed by atoms with van der Waals surface area (Å²) in [6, 6.07) is 3.63. The van der Waals surface area contributed by atoms with Crippen LogP contribution in [0.5, 0.6) is 0 Å². The molecule has 18 heavy (non-hydrogen) atoms. The minimum Gasteiger partial charge on any atom is -0.481 e. The van der Waals surface area contributed by atoms with Gasteiger partial charge in [-0.05, 0) is 25.0 Å². The minimum absolute atomic E-state index is 0.0114. The van der Waals surface area contributed by atoms with E-state index in [1.807, 2.05) is 6.07 Å². The Balaban J connectivity index is 1.83. The fourth-order valence-electron chi connectivity index (χ4n) is 2.25. The van der Waals surface area contributed by atoms with Gasteiger partial charge >= 0.3 is 5.97 Å². The van der Waals surface area contributed by atoms with Crippen LogP contribution in [0.15, 0.2) is 22.8 Å². The number of carboxylic acids is 1. The number of carbonyl (C=O) groups excluding carboxylic acids is 1. The monoisotopic (exact) mass is 251 g/mol. The largest absolute Gasteiger partial charge is 0.481 e. The molecule has 5 nitrogen and oxygen atoms in total. The van der Waals surface area contributed by atoms with Crippen molar-refractivity contribution in [2.75, 3.05) is 13.1 Å². The maximum Gasteiger partial charge on any atom is 0.308 e. The minimum atomic E-state index is -0.807. The molecule has 1 N–H and O–H groups in total. The third-order valence-electron chi connectivity index (χ3n) is 3.29. The highest BCUT2D eigenvalue weighted by atomic mass is 16.4. The zero-order valence-corrected chi connectivity index (χ0v) is 10.2. The van der Waals surface area contributed by atoms with E-state index in [-0.39, 0.29) is 5.91 Å². The molecule has 0 unspecified atom stereocenters. The lowest BCUT2D eigenvalue weighted by Gasteiger charge is -2.30. The molecule has 1 saturated heterocycles. The van der Waals surface area contributed by atoms with E-state index in [2.05, 4.69) is 0 Å². The van der Waals surface area contributed by atoms with Crippen molar-refractivity contribution < 1.29 is 19.1 Å². The highest BCUT2D eigenvalue weighted by Crippen LogP contribution is 2.18. The standard InChI is InChI=1S/C13H17NO4/c15-12(6-5-11-4-2-8-18-11)14-7-1-3-10(9-14)13(16)17/h2,4,8,10H,1,3,5-7,9H2,(H,16,17)/t10-/m1/s1. The predicted octanol–water partition coefficient (Wildman–Crippen LogP) is 1.54. The molecule has 1 aromatic heterocycles. The van der Waals surface area contributed by atoms with Crippen molar-refractivity contribution in [3.8, 4) is 0 Å². The van der Waals surface area contributed by atoms with Crippen LogP contribution < -0.4 is 0 Å². The lowest BCUT2D eigenvalue weighted by atomic mass is 9.98. The first-order valence-electron chi connectivity index (χ1n) is 6.20. The van der Waals surface area contributed by atoms with Gasteiger partial charge in [-0.15, -0.1) is 0 Å². The number of likely N-dealkylation sites (tertiary alicyclic amines) is 1. The molecule has 1 aromatic rings. The van der Waals surface area contributed by atoms with Crippen LogP contribution in [0.25, 0.3) is 0 Å². The second kappa shape index (κ2) is 5.71. The lowest BCUT2D eigenvalue weighted by Crippen LogP contribution is -2.42. The number of hydrogen-bond donors (Lipinski definition) is 1. The number of carbonyl (C=O) groups is 2. The molecule has 0 spiro atoms. The molecule has 0 aromatic carbocycles. The summed E-state index contributed by atoms with van der Waals surface area (Å²) in [5.74, 6) is -0.419. The molecule has 1 fully saturated rings. The van der Waals surface area contributed by atoms with Crippen LogP contribution in [-0.2, 0) is 16.0 Å². The van der Waals surface area contributed by atoms with E-state index in [9.17, 15) is 9.59 Å². The van der Waals surface area contributed by atoms with Gasteiger partial charge in [-0.25, -0.2) is 0 Å². The number of piperidine rings is 1. The van der Waals surface area contributed by atoms with E-state index in [0.717, 1.165) is 12.2 Å². The molecular weight excluding hydrogens is 234 g/mol. The van der Waals surface area contributed by atoms with Gasteiger partial charge in [0.2, 0.25) is 5.91 Å². The van der Waals surface area contributed by atoms with Gasteiger partial charge in [0.15, 0.2) is 0 Å². The SMILES string of the molecule is O=C(O)[C@@H]1CCCN(C(=O)CCc2ccco2)C1. The quantitative estimate of drug-likeness (QED) is 0.881. The second-order valence-corrected chi connectivity index (χ2v) is 4.60. The molecule has 1 aliphatic rings. The maximum atomic E-state index is 12.0. The summed E-state index contributed by atoms with van der Waals surface area (Å²) < 4.78 is 5.17. The topological polar surface area (TPSA) is 70.8 Å². The lowest BCUT2D eigenvalue weighted by molar-refractivity contribution is -0.145. The molecule has 0 bridgehead atoms. The van der Waals surface area contributed by atoms with Crippen molar-refractivity contribution in [2.45, 2.75) is 25.7 Å². The van der Waals surface area contributed by atoms with Gasteiger partial charge in [0, 0.05) is 25.9 Å². The molecule has 0 radical (unpaired) electrons. The van der Waals surface area contributed by atoms with E-state index in [1.54, 1.807) is 17.2 Å². The number of furan rings is 1. The van der Waals surface area contributed by atoms with Crippen molar-refractivity contribution in [1.82, 2.24) is 4.90 Å². The van der Waals surface area contributed by atoms with E-state index in [0.29, 0.717) is 32.4 Å². The Kier molecular flexibility index (Phi) is 4.02. The van der Waals surface area contributed by atoms with Crippen LogP contribution >= 0.6 is 0 Å². The normalized spacial score (nSPS) is 19.8. The van der Waals surface area contributed by atoms with Gasteiger partial charge in [0.05, 0.1) is 12.2 Å². The van der Waals surface area contributed by atoms with Crippen molar-refractivity contribution >= 4 is 11.9 Å². The highest BCUT2D eigenvalue weighted by Gasteiger charge is 2.27. The zero-order chi connectivity index (χ0) is 13.0. The number of hydrogen-bond acceptors (Lipinski definition) is 3. The molecular formula is C13H17NO4. The average molecular weight is 251 g/mol. The van der Waals surface area contributed by atoms with Gasteiger partial charge in [0.1, 0.15) is 5.76 Å². The Labute approximate surface area is 105 Å². The van der Waals surface area contributed by atoms with Gasteiger partial charge in [0.25, 0.3) is 0 Å². The Hall–Kier alpha value is -1.78. The number of aliphatic carboxylic acids is 1. The first-order chi connectivity index (χ1) is 8.66. The summed E-state index contributed by atoms with van der Waals surface area (Å²) in [6.45, 7) is 1.01. The molecule has 2 heterocycles. The van der Waals surface area contributed by atoms with Crippen LogP contribution in [0.3, 0.4) is 0 Å². The number of amides is 1. The van der Waals surface area contributed by atoms with Crippen LogP contribution in [0.1, 0.15) is 25.0 Å². The summed E-state index contributed by atoms with van der Waals surface area (Å²) in [5, 5.41) is 8.96. The third-order valence-corrected chi connectivity index (χ3v) is 3.29. The first-order valence-corrected chi connectivity index (χ1v) is 6.20. The second-order valence-electron chi connectivity index (χ2n) is 4.60. The fourth-order valence-corrected chi connectivity index (χ4v) is 2.25. The molecule has 0 saturated carbocycles. The Morgan fingerprint density at radius 2 is 2.33 bits per heavy atom. The zero-order valence-electron chi connectivity index (χ0n) is 10.2. The van der Waals surface area contributed by atoms with Gasteiger partial charge < -0.3 is 14.4 Å². The summed E-state index contributed by atoms with van der Waals surface area (Å²) in [7, 11) is 0. The van der Waals surface area contributed by atoms with Crippen molar-refractivity contribution in [2.24, 2.45) is 5.92 Å². The van der Waals surface area contributed by atoms with E-state index >= 15 is 0 Å². The Morgan fingerprint density at radius 3 is 3.00 bits per heavy atom. The van der Waals surface area contributed by atoms with Gasteiger partial charge in [-0.2, -0.15) is 0 Å². The number of nitrogens with zero attached hydrogens (tertiary/aromatic N) is 1. The molecule has 0 aliphatic carbocycles.